The maximum atomic E-state index is 5.83. The topological polar surface area (TPSA) is 29.0 Å². The van der Waals surface area contributed by atoms with Gasteiger partial charge in [-0.25, -0.2) is 9.97 Å². The molecule has 1 heterocycles. The molecule has 1 aliphatic carbocycles. The second-order valence-corrected chi connectivity index (χ2v) is 4.31. The molecule has 0 amide bonds. The lowest BCUT2D eigenvalue weighted by molar-refractivity contribution is 0.388. The fourth-order valence-corrected chi connectivity index (χ4v) is 2.06. The molecule has 15 heavy (non-hydrogen) atoms. The lowest BCUT2D eigenvalue weighted by Gasteiger charge is -2.38. The number of anilines is 1. The third-order valence-electron chi connectivity index (χ3n) is 2.90. The fourth-order valence-electron chi connectivity index (χ4n) is 1.88. The van der Waals surface area contributed by atoms with Gasteiger partial charge in [0.1, 0.15) is 11.6 Å². The van der Waals surface area contributed by atoms with E-state index in [2.05, 4.69) is 14.9 Å². The Morgan fingerprint density at radius 3 is 2.87 bits per heavy atom. The summed E-state index contributed by atoms with van der Waals surface area (Å²) in [5.74, 6) is 2.50. The van der Waals surface area contributed by atoms with Crippen LogP contribution in [0.4, 0.5) is 5.82 Å². The van der Waals surface area contributed by atoms with Crippen molar-refractivity contribution < 1.29 is 0 Å². The minimum atomic E-state index is 0.637. The Kier molecular flexibility index (Phi) is 3.41. The number of alkyl halides is 1. The monoisotopic (exact) mass is 225 g/mol. The molecule has 3 nitrogen and oxygen atoms in total. The standard InChI is InChI=1S/C11H16ClN3/c1-9-13-7-5-11(14-9)15(8-6-12)10-3-2-4-10/h5,7,10H,2-4,6,8H2,1H3. The number of aromatic nitrogens is 2. The number of hydrogen-bond donors (Lipinski definition) is 0. The van der Waals surface area contributed by atoms with Crippen LogP contribution >= 0.6 is 11.6 Å². The van der Waals surface area contributed by atoms with Crippen LogP contribution in [0.25, 0.3) is 0 Å². The number of hydrogen-bond acceptors (Lipinski definition) is 3. The van der Waals surface area contributed by atoms with Gasteiger partial charge in [0.2, 0.25) is 0 Å². The maximum Gasteiger partial charge on any atom is 0.132 e. The first-order valence-electron chi connectivity index (χ1n) is 5.43. The van der Waals surface area contributed by atoms with Gasteiger partial charge in [0.25, 0.3) is 0 Å². The van der Waals surface area contributed by atoms with Crippen LogP contribution in [0, 0.1) is 6.92 Å². The van der Waals surface area contributed by atoms with E-state index in [1.807, 2.05) is 19.2 Å². The Morgan fingerprint density at radius 2 is 2.33 bits per heavy atom. The zero-order chi connectivity index (χ0) is 10.7. The lowest BCUT2D eigenvalue weighted by atomic mass is 9.91. The number of halogens is 1. The van der Waals surface area contributed by atoms with Gasteiger partial charge in [-0.1, -0.05) is 0 Å². The molecule has 0 atom stereocenters. The zero-order valence-electron chi connectivity index (χ0n) is 8.99. The summed E-state index contributed by atoms with van der Waals surface area (Å²) in [6, 6.07) is 2.61. The van der Waals surface area contributed by atoms with Gasteiger partial charge in [0.05, 0.1) is 0 Å². The van der Waals surface area contributed by atoms with Crippen LogP contribution in [0.5, 0.6) is 0 Å². The highest BCUT2D eigenvalue weighted by Gasteiger charge is 2.25. The third kappa shape index (κ3) is 2.40. The van der Waals surface area contributed by atoms with Crippen molar-refractivity contribution in [2.75, 3.05) is 17.3 Å². The number of aryl methyl sites for hydroxylation is 1. The molecule has 0 N–H and O–H groups in total. The molecule has 0 saturated heterocycles. The Balaban J connectivity index is 2.15. The molecule has 0 spiro atoms. The van der Waals surface area contributed by atoms with Crippen molar-refractivity contribution in [3.63, 3.8) is 0 Å². The predicted octanol–water partition coefficient (Wildman–Crippen LogP) is 2.38. The quantitative estimate of drug-likeness (QED) is 0.737. The van der Waals surface area contributed by atoms with Crippen LogP contribution in [0.2, 0.25) is 0 Å². The highest BCUT2D eigenvalue weighted by molar-refractivity contribution is 6.18. The molecule has 0 bridgehead atoms. The van der Waals surface area contributed by atoms with E-state index in [9.17, 15) is 0 Å². The summed E-state index contributed by atoms with van der Waals surface area (Å²) >= 11 is 5.83. The molecular weight excluding hydrogens is 210 g/mol. The second-order valence-electron chi connectivity index (χ2n) is 3.93. The van der Waals surface area contributed by atoms with Gasteiger partial charge in [-0.3, -0.25) is 0 Å². The number of rotatable bonds is 4. The van der Waals surface area contributed by atoms with Crippen molar-refractivity contribution >= 4 is 17.4 Å². The van der Waals surface area contributed by atoms with E-state index in [1.165, 1.54) is 19.3 Å². The van der Waals surface area contributed by atoms with E-state index in [1.54, 1.807) is 0 Å². The van der Waals surface area contributed by atoms with Gasteiger partial charge in [0, 0.05) is 24.7 Å². The minimum Gasteiger partial charge on any atom is -0.352 e. The van der Waals surface area contributed by atoms with Crippen LogP contribution in [-0.4, -0.2) is 28.4 Å². The van der Waals surface area contributed by atoms with Crippen molar-refractivity contribution in [1.29, 1.82) is 0 Å². The highest BCUT2D eigenvalue weighted by Crippen LogP contribution is 2.28. The SMILES string of the molecule is Cc1nccc(N(CCCl)C2CCC2)n1. The first-order valence-corrected chi connectivity index (χ1v) is 5.97. The normalized spacial score (nSPS) is 16.1. The van der Waals surface area contributed by atoms with Crippen molar-refractivity contribution in [3.05, 3.63) is 18.1 Å². The van der Waals surface area contributed by atoms with E-state index in [4.69, 9.17) is 11.6 Å². The highest BCUT2D eigenvalue weighted by atomic mass is 35.5. The van der Waals surface area contributed by atoms with Crippen LogP contribution in [-0.2, 0) is 0 Å². The van der Waals surface area contributed by atoms with Crippen LogP contribution in [0.15, 0.2) is 12.3 Å². The minimum absolute atomic E-state index is 0.637. The summed E-state index contributed by atoms with van der Waals surface area (Å²) in [5.41, 5.74) is 0. The van der Waals surface area contributed by atoms with E-state index >= 15 is 0 Å². The fraction of sp³-hybridized carbons (Fsp3) is 0.636. The van der Waals surface area contributed by atoms with E-state index in [0.29, 0.717) is 11.9 Å². The van der Waals surface area contributed by atoms with Gasteiger partial charge in [-0.15, -0.1) is 11.6 Å². The molecule has 0 aromatic carbocycles. The van der Waals surface area contributed by atoms with E-state index < -0.39 is 0 Å². The molecule has 1 fully saturated rings. The zero-order valence-corrected chi connectivity index (χ0v) is 9.74. The number of nitrogens with zero attached hydrogens (tertiary/aromatic N) is 3. The van der Waals surface area contributed by atoms with Crippen LogP contribution in [0.1, 0.15) is 25.1 Å². The molecule has 82 valence electrons. The van der Waals surface area contributed by atoms with Crippen molar-refractivity contribution in [2.45, 2.75) is 32.2 Å². The van der Waals surface area contributed by atoms with Crippen LogP contribution in [0.3, 0.4) is 0 Å². The lowest BCUT2D eigenvalue weighted by Crippen LogP contribution is -2.42. The first-order chi connectivity index (χ1) is 7.31. The Bertz CT molecular complexity index is 325. The van der Waals surface area contributed by atoms with Gasteiger partial charge in [-0.2, -0.15) is 0 Å². The Labute approximate surface area is 95.5 Å². The smallest absolute Gasteiger partial charge is 0.132 e. The molecule has 1 aromatic heterocycles. The molecule has 0 unspecified atom stereocenters. The van der Waals surface area contributed by atoms with E-state index in [-0.39, 0.29) is 0 Å². The molecule has 1 aliphatic rings. The van der Waals surface area contributed by atoms with Crippen molar-refractivity contribution in [1.82, 2.24) is 9.97 Å². The summed E-state index contributed by atoms with van der Waals surface area (Å²) < 4.78 is 0. The summed E-state index contributed by atoms with van der Waals surface area (Å²) in [4.78, 5) is 10.9. The summed E-state index contributed by atoms with van der Waals surface area (Å²) in [6.45, 7) is 2.80. The van der Waals surface area contributed by atoms with Gasteiger partial charge in [-0.05, 0) is 32.3 Å². The van der Waals surface area contributed by atoms with Gasteiger partial charge < -0.3 is 4.90 Å². The molecule has 4 heteroatoms. The Hall–Kier alpha value is -0.830. The molecule has 2 rings (SSSR count). The maximum absolute atomic E-state index is 5.83. The average Bonchev–Trinajstić information content (AvgIpc) is 2.14. The van der Waals surface area contributed by atoms with Gasteiger partial charge in [0.15, 0.2) is 0 Å². The molecule has 1 saturated carbocycles. The van der Waals surface area contributed by atoms with E-state index in [0.717, 1.165) is 18.2 Å². The molecular formula is C11H16ClN3. The first kappa shape index (κ1) is 10.7. The summed E-state index contributed by atoms with van der Waals surface area (Å²) in [5, 5.41) is 0. The van der Waals surface area contributed by atoms with Crippen molar-refractivity contribution in [2.24, 2.45) is 0 Å². The molecule has 0 radical (unpaired) electrons. The second kappa shape index (κ2) is 4.79. The third-order valence-corrected chi connectivity index (χ3v) is 3.07. The van der Waals surface area contributed by atoms with Crippen LogP contribution < -0.4 is 4.90 Å². The summed E-state index contributed by atoms with van der Waals surface area (Å²) in [6.07, 6.45) is 5.67. The molecule has 1 aromatic rings. The van der Waals surface area contributed by atoms with Crippen molar-refractivity contribution in [3.8, 4) is 0 Å². The summed E-state index contributed by atoms with van der Waals surface area (Å²) in [7, 11) is 0. The van der Waals surface area contributed by atoms with Gasteiger partial charge >= 0.3 is 0 Å². The molecule has 0 aliphatic heterocycles. The predicted molar refractivity (Wildman–Crippen MR) is 62.5 cm³/mol. The largest absolute Gasteiger partial charge is 0.352 e. The average molecular weight is 226 g/mol. The Morgan fingerprint density at radius 1 is 1.53 bits per heavy atom.